The van der Waals surface area contributed by atoms with Crippen molar-refractivity contribution in [2.24, 2.45) is 5.92 Å². The van der Waals surface area contributed by atoms with E-state index in [0.29, 0.717) is 25.2 Å². The van der Waals surface area contributed by atoms with E-state index in [4.69, 9.17) is 0 Å². The lowest BCUT2D eigenvalue weighted by atomic mass is 9.88. The topological polar surface area (TPSA) is 69.2 Å². The molecule has 2 heterocycles. The quantitative estimate of drug-likeness (QED) is 0.878. The largest absolute Gasteiger partial charge is 0.392 e. The van der Waals surface area contributed by atoms with Gasteiger partial charge in [0.25, 0.3) is 5.91 Å². The van der Waals surface area contributed by atoms with Crippen molar-refractivity contribution in [1.29, 1.82) is 0 Å². The number of aliphatic hydroxyl groups is 1. The molecule has 25 heavy (non-hydrogen) atoms. The molecule has 3 rings (SSSR count). The molecule has 134 valence electrons. The first-order chi connectivity index (χ1) is 12.1. The molecule has 5 heteroatoms. The summed E-state index contributed by atoms with van der Waals surface area (Å²) in [4.78, 5) is 14.6. The number of aromatic amines is 1. The Kier molecular flexibility index (Phi) is 5.53. The third-order valence-electron chi connectivity index (χ3n) is 5.33. The number of rotatable bonds is 5. The number of aryl methyl sites for hydroxylation is 1. The molecule has 1 amide bonds. The molecule has 0 spiro atoms. The van der Waals surface area contributed by atoms with E-state index in [1.54, 1.807) is 0 Å². The third-order valence-corrected chi connectivity index (χ3v) is 5.33. The Balaban J connectivity index is 1.56. The van der Waals surface area contributed by atoms with Crippen LogP contribution in [0.1, 0.15) is 47.1 Å². The average molecular weight is 341 g/mol. The molecule has 0 saturated carbocycles. The molecule has 2 aromatic rings. The van der Waals surface area contributed by atoms with Gasteiger partial charge in [0.1, 0.15) is 0 Å². The van der Waals surface area contributed by atoms with E-state index in [1.165, 1.54) is 0 Å². The van der Waals surface area contributed by atoms with Crippen LogP contribution >= 0.6 is 0 Å². The Morgan fingerprint density at radius 2 is 2.00 bits per heavy atom. The number of H-pyrrole nitrogens is 1. The van der Waals surface area contributed by atoms with Crippen LogP contribution < -0.4 is 0 Å². The molecule has 1 saturated heterocycles. The second-order valence-electron chi connectivity index (χ2n) is 6.92. The summed E-state index contributed by atoms with van der Waals surface area (Å²) in [7, 11) is 0. The SMILES string of the molecule is CCc1[nH]nc(C(=O)N2CCC(C(O)Cc3ccccc3)CC2)c1C. The monoisotopic (exact) mass is 341 g/mol. The normalized spacial score (nSPS) is 16.8. The van der Waals surface area contributed by atoms with Gasteiger partial charge < -0.3 is 10.0 Å². The number of piperidine rings is 1. The number of carbonyl (C=O) groups is 1. The molecular formula is C20H27N3O2. The van der Waals surface area contributed by atoms with Gasteiger partial charge in [0, 0.05) is 24.3 Å². The van der Waals surface area contributed by atoms with Crippen LogP contribution in [0.5, 0.6) is 0 Å². The van der Waals surface area contributed by atoms with Crippen molar-refractivity contribution in [3.63, 3.8) is 0 Å². The fourth-order valence-electron chi connectivity index (χ4n) is 3.65. The van der Waals surface area contributed by atoms with E-state index in [0.717, 1.165) is 36.1 Å². The number of hydrogen-bond donors (Lipinski definition) is 2. The number of aromatic nitrogens is 2. The van der Waals surface area contributed by atoms with E-state index in [9.17, 15) is 9.90 Å². The maximum Gasteiger partial charge on any atom is 0.274 e. The van der Waals surface area contributed by atoms with Crippen LogP contribution in [0.4, 0.5) is 0 Å². The maximum atomic E-state index is 12.7. The number of nitrogens with one attached hydrogen (secondary N) is 1. The summed E-state index contributed by atoms with van der Waals surface area (Å²) in [5.41, 5.74) is 3.68. The predicted molar refractivity (Wildman–Crippen MR) is 97.5 cm³/mol. The number of amides is 1. The van der Waals surface area contributed by atoms with E-state index in [1.807, 2.05) is 49.1 Å². The van der Waals surface area contributed by atoms with E-state index in [2.05, 4.69) is 10.2 Å². The van der Waals surface area contributed by atoms with Crippen molar-refractivity contribution in [3.05, 3.63) is 52.8 Å². The number of nitrogens with zero attached hydrogens (tertiary/aromatic N) is 2. The minimum atomic E-state index is -0.349. The van der Waals surface area contributed by atoms with Gasteiger partial charge in [-0.25, -0.2) is 0 Å². The van der Waals surface area contributed by atoms with Crippen LogP contribution in [0.3, 0.4) is 0 Å². The number of likely N-dealkylation sites (tertiary alicyclic amines) is 1. The van der Waals surface area contributed by atoms with Gasteiger partial charge >= 0.3 is 0 Å². The van der Waals surface area contributed by atoms with Crippen molar-refractivity contribution >= 4 is 5.91 Å². The van der Waals surface area contributed by atoms with Gasteiger partial charge in [-0.05, 0) is 44.1 Å². The third kappa shape index (κ3) is 3.93. The number of hydrogen-bond acceptors (Lipinski definition) is 3. The Bertz CT molecular complexity index is 703. The lowest BCUT2D eigenvalue weighted by Crippen LogP contribution is -2.42. The lowest BCUT2D eigenvalue weighted by Gasteiger charge is -2.34. The second-order valence-corrected chi connectivity index (χ2v) is 6.92. The molecule has 1 unspecified atom stereocenters. The average Bonchev–Trinajstić information content (AvgIpc) is 3.02. The Morgan fingerprint density at radius 3 is 2.60 bits per heavy atom. The van der Waals surface area contributed by atoms with Crippen molar-refractivity contribution in [1.82, 2.24) is 15.1 Å². The smallest absolute Gasteiger partial charge is 0.274 e. The zero-order valence-corrected chi connectivity index (χ0v) is 15.0. The highest BCUT2D eigenvalue weighted by Gasteiger charge is 2.29. The Morgan fingerprint density at radius 1 is 1.32 bits per heavy atom. The lowest BCUT2D eigenvalue weighted by molar-refractivity contribution is 0.0463. The molecule has 0 bridgehead atoms. The van der Waals surface area contributed by atoms with Crippen molar-refractivity contribution in [2.45, 2.75) is 45.6 Å². The Hall–Kier alpha value is -2.14. The molecule has 1 aromatic heterocycles. The minimum absolute atomic E-state index is 0.00412. The summed E-state index contributed by atoms with van der Waals surface area (Å²) in [6.07, 6.45) is 2.85. The minimum Gasteiger partial charge on any atom is -0.392 e. The van der Waals surface area contributed by atoms with E-state index in [-0.39, 0.29) is 17.9 Å². The predicted octanol–water partition coefficient (Wildman–Crippen LogP) is 2.74. The molecular weight excluding hydrogens is 314 g/mol. The highest BCUT2D eigenvalue weighted by molar-refractivity contribution is 5.94. The molecule has 1 atom stereocenters. The fourth-order valence-corrected chi connectivity index (χ4v) is 3.65. The number of benzene rings is 1. The zero-order chi connectivity index (χ0) is 17.8. The summed E-state index contributed by atoms with van der Waals surface area (Å²) in [6.45, 7) is 5.37. The molecule has 1 aliphatic heterocycles. The van der Waals surface area contributed by atoms with E-state index >= 15 is 0 Å². The van der Waals surface area contributed by atoms with Crippen LogP contribution in [0.2, 0.25) is 0 Å². The van der Waals surface area contributed by atoms with Crippen molar-refractivity contribution in [2.75, 3.05) is 13.1 Å². The fraction of sp³-hybridized carbons (Fsp3) is 0.500. The van der Waals surface area contributed by atoms with Gasteiger partial charge in [-0.3, -0.25) is 9.89 Å². The van der Waals surface area contributed by atoms with Gasteiger partial charge in [-0.15, -0.1) is 0 Å². The first-order valence-corrected chi connectivity index (χ1v) is 9.15. The van der Waals surface area contributed by atoms with Gasteiger partial charge in [-0.1, -0.05) is 37.3 Å². The molecule has 5 nitrogen and oxygen atoms in total. The molecule has 0 aliphatic carbocycles. The molecule has 0 radical (unpaired) electrons. The van der Waals surface area contributed by atoms with Gasteiger partial charge in [0.05, 0.1) is 6.10 Å². The summed E-state index contributed by atoms with van der Waals surface area (Å²) in [5.74, 6) is 0.250. The van der Waals surface area contributed by atoms with Crippen molar-refractivity contribution in [3.8, 4) is 0 Å². The van der Waals surface area contributed by atoms with Crippen LogP contribution in [-0.4, -0.2) is 45.3 Å². The standard InChI is InChI=1S/C20H27N3O2/c1-3-17-14(2)19(22-21-17)20(25)23-11-9-16(10-12-23)18(24)13-15-7-5-4-6-8-15/h4-8,16,18,24H,3,9-13H2,1-2H3,(H,21,22). The first kappa shape index (κ1) is 17.7. The van der Waals surface area contributed by atoms with Crippen LogP contribution in [0.15, 0.2) is 30.3 Å². The highest BCUT2D eigenvalue weighted by Crippen LogP contribution is 2.24. The van der Waals surface area contributed by atoms with E-state index < -0.39 is 0 Å². The second kappa shape index (κ2) is 7.83. The first-order valence-electron chi connectivity index (χ1n) is 9.15. The highest BCUT2D eigenvalue weighted by atomic mass is 16.3. The van der Waals surface area contributed by atoms with Crippen molar-refractivity contribution < 1.29 is 9.90 Å². The summed E-state index contributed by atoms with van der Waals surface area (Å²) < 4.78 is 0. The molecule has 2 N–H and O–H groups in total. The van der Waals surface area contributed by atoms with Crippen LogP contribution in [0, 0.1) is 12.8 Å². The Labute approximate surface area is 149 Å². The maximum absolute atomic E-state index is 12.7. The van der Waals surface area contributed by atoms with Crippen LogP contribution in [0.25, 0.3) is 0 Å². The van der Waals surface area contributed by atoms with Gasteiger partial charge in [0.15, 0.2) is 5.69 Å². The van der Waals surface area contributed by atoms with Gasteiger partial charge in [0.2, 0.25) is 0 Å². The number of aliphatic hydroxyl groups excluding tert-OH is 1. The van der Waals surface area contributed by atoms with Gasteiger partial charge in [-0.2, -0.15) is 5.10 Å². The number of carbonyl (C=O) groups excluding carboxylic acids is 1. The summed E-state index contributed by atoms with van der Waals surface area (Å²) in [5, 5.41) is 17.7. The summed E-state index contributed by atoms with van der Waals surface area (Å²) in [6, 6.07) is 10.1. The molecule has 1 fully saturated rings. The van der Waals surface area contributed by atoms with Crippen LogP contribution in [-0.2, 0) is 12.8 Å². The summed E-state index contributed by atoms with van der Waals surface area (Å²) >= 11 is 0. The zero-order valence-electron chi connectivity index (χ0n) is 15.0. The molecule has 1 aliphatic rings. The molecule has 1 aromatic carbocycles.